The topological polar surface area (TPSA) is 38.1 Å². The molecule has 1 aromatic heterocycles. The molecule has 0 fully saturated rings. The normalized spacial score (nSPS) is 16.1. The number of carbonyl (C=O) groups is 1. The highest BCUT2D eigenvalue weighted by Crippen LogP contribution is 2.33. The molecule has 138 valence electrons. The number of rotatable bonds is 3. The Hall–Kier alpha value is -3.40. The van der Waals surface area contributed by atoms with Crippen LogP contribution in [0.25, 0.3) is 11.0 Å². The van der Waals surface area contributed by atoms with Gasteiger partial charge < -0.3 is 9.47 Å². The molecule has 5 rings (SSSR count). The molecule has 1 aliphatic rings. The minimum Gasteiger partial charge on any atom is -0.329 e. The lowest BCUT2D eigenvalue weighted by Crippen LogP contribution is -2.41. The van der Waals surface area contributed by atoms with Gasteiger partial charge in [-0.05, 0) is 41.8 Å². The summed E-state index contributed by atoms with van der Waals surface area (Å²) >= 11 is 0. The lowest BCUT2D eigenvalue weighted by molar-refractivity contribution is 0.0641. The second kappa shape index (κ2) is 6.97. The van der Waals surface area contributed by atoms with Crippen molar-refractivity contribution in [2.75, 3.05) is 6.54 Å². The van der Waals surface area contributed by atoms with E-state index in [1.165, 1.54) is 11.1 Å². The maximum atomic E-state index is 13.3. The third-order valence-corrected chi connectivity index (χ3v) is 5.59. The first-order valence-electron chi connectivity index (χ1n) is 9.65. The average Bonchev–Trinajstić information content (AvgIpc) is 3.17. The van der Waals surface area contributed by atoms with Gasteiger partial charge in [-0.2, -0.15) is 0 Å². The van der Waals surface area contributed by atoms with Gasteiger partial charge in [0.05, 0.1) is 23.4 Å². The summed E-state index contributed by atoms with van der Waals surface area (Å²) in [6, 6.07) is 26.2. The molecule has 4 nitrogen and oxygen atoms in total. The van der Waals surface area contributed by atoms with Crippen LogP contribution in [-0.4, -0.2) is 26.9 Å². The molecular weight excluding hydrogens is 346 g/mol. The fraction of sp³-hybridized carbons (Fsp3) is 0.167. The minimum absolute atomic E-state index is 0.0183. The summed E-state index contributed by atoms with van der Waals surface area (Å²) in [5, 5.41) is 0. The molecule has 2 heterocycles. The van der Waals surface area contributed by atoms with Crippen LogP contribution >= 0.6 is 0 Å². The van der Waals surface area contributed by atoms with Gasteiger partial charge in [0.15, 0.2) is 0 Å². The first-order chi connectivity index (χ1) is 13.8. The van der Waals surface area contributed by atoms with E-state index in [4.69, 9.17) is 0 Å². The molecule has 0 aliphatic carbocycles. The Balaban J connectivity index is 1.56. The number of hydrogen-bond donors (Lipinski definition) is 0. The van der Waals surface area contributed by atoms with Gasteiger partial charge in [-0.25, -0.2) is 4.98 Å². The fourth-order valence-electron chi connectivity index (χ4n) is 4.18. The third kappa shape index (κ3) is 2.87. The Morgan fingerprint density at radius 3 is 2.57 bits per heavy atom. The number of para-hydroxylation sites is 2. The monoisotopic (exact) mass is 367 g/mol. The number of imidazole rings is 1. The number of amides is 1. The van der Waals surface area contributed by atoms with Gasteiger partial charge in [-0.1, -0.05) is 54.6 Å². The molecule has 1 amide bonds. The molecule has 0 saturated heterocycles. The summed E-state index contributed by atoms with van der Waals surface area (Å²) in [5.41, 5.74) is 5.37. The SMILES string of the molecule is O=C(c1ccccc1)N1CCc2ccccc2C1Cn1cnc2ccccc21. The molecule has 0 saturated carbocycles. The summed E-state index contributed by atoms with van der Waals surface area (Å²) in [5.74, 6) is 0.0875. The van der Waals surface area contributed by atoms with E-state index in [-0.39, 0.29) is 11.9 Å². The first kappa shape index (κ1) is 16.8. The largest absolute Gasteiger partial charge is 0.329 e. The molecule has 1 aliphatic heterocycles. The molecular formula is C24H21N3O. The van der Waals surface area contributed by atoms with Gasteiger partial charge in [0, 0.05) is 18.7 Å². The van der Waals surface area contributed by atoms with Crippen LogP contribution in [0.3, 0.4) is 0 Å². The minimum atomic E-state index is -0.0183. The van der Waals surface area contributed by atoms with Crippen molar-refractivity contribution in [3.8, 4) is 0 Å². The average molecular weight is 367 g/mol. The van der Waals surface area contributed by atoms with Crippen molar-refractivity contribution in [3.05, 3.63) is 102 Å². The van der Waals surface area contributed by atoms with Crippen LogP contribution in [0.5, 0.6) is 0 Å². The van der Waals surface area contributed by atoms with Gasteiger partial charge in [0.1, 0.15) is 0 Å². The van der Waals surface area contributed by atoms with E-state index in [0.717, 1.165) is 29.6 Å². The molecule has 28 heavy (non-hydrogen) atoms. The van der Waals surface area contributed by atoms with Crippen LogP contribution < -0.4 is 0 Å². The number of benzene rings is 3. The Morgan fingerprint density at radius 2 is 1.68 bits per heavy atom. The van der Waals surface area contributed by atoms with E-state index < -0.39 is 0 Å². The van der Waals surface area contributed by atoms with E-state index in [2.05, 4.69) is 39.9 Å². The highest BCUT2D eigenvalue weighted by Gasteiger charge is 2.31. The second-order valence-corrected chi connectivity index (χ2v) is 7.21. The van der Waals surface area contributed by atoms with Crippen LogP contribution in [0.2, 0.25) is 0 Å². The maximum Gasteiger partial charge on any atom is 0.254 e. The third-order valence-electron chi connectivity index (χ3n) is 5.59. The van der Waals surface area contributed by atoms with Crippen LogP contribution in [-0.2, 0) is 13.0 Å². The van der Waals surface area contributed by atoms with Gasteiger partial charge >= 0.3 is 0 Å². The summed E-state index contributed by atoms with van der Waals surface area (Å²) in [7, 11) is 0. The Bertz CT molecular complexity index is 1130. The lowest BCUT2D eigenvalue weighted by Gasteiger charge is -2.37. The van der Waals surface area contributed by atoms with Crippen molar-refractivity contribution in [1.29, 1.82) is 0 Å². The van der Waals surface area contributed by atoms with Crippen molar-refractivity contribution in [2.24, 2.45) is 0 Å². The van der Waals surface area contributed by atoms with E-state index in [0.29, 0.717) is 6.54 Å². The smallest absolute Gasteiger partial charge is 0.254 e. The van der Waals surface area contributed by atoms with Gasteiger partial charge in [-0.15, -0.1) is 0 Å². The van der Waals surface area contributed by atoms with E-state index in [9.17, 15) is 4.79 Å². The van der Waals surface area contributed by atoms with Crippen molar-refractivity contribution in [2.45, 2.75) is 19.0 Å². The van der Waals surface area contributed by atoms with Gasteiger partial charge in [-0.3, -0.25) is 4.79 Å². The Labute approximate surface area is 164 Å². The second-order valence-electron chi connectivity index (χ2n) is 7.21. The summed E-state index contributed by atoms with van der Waals surface area (Å²) in [6.45, 7) is 1.41. The zero-order valence-electron chi connectivity index (χ0n) is 15.5. The molecule has 4 heteroatoms. The number of carbonyl (C=O) groups excluding carboxylic acids is 1. The number of aromatic nitrogens is 2. The summed E-state index contributed by atoms with van der Waals surface area (Å²) in [4.78, 5) is 19.9. The zero-order valence-corrected chi connectivity index (χ0v) is 15.5. The predicted octanol–water partition coefficient (Wildman–Crippen LogP) is 4.48. The van der Waals surface area contributed by atoms with E-state index in [1.807, 2.05) is 59.8 Å². The van der Waals surface area contributed by atoms with Crippen LogP contribution in [0, 0.1) is 0 Å². The van der Waals surface area contributed by atoms with Crippen molar-refractivity contribution in [1.82, 2.24) is 14.5 Å². The first-order valence-corrected chi connectivity index (χ1v) is 9.65. The van der Waals surface area contributed by atoms with Gasteiger partial charge in [0.25, 0.3) is 5.91 Å². The molecule has 0 N–H and O–H groups in total. The van der Waals surface area contributed by atoms with E-state index >= 15 is 0 Å². The molecule has 0 spiro atoms. The standard InChI is InChI=1S/C24H21N3O/c28-24(19-9-2-1-3-10-19)27-15-14-18-8-4-5-11-20(18)23(27)16-26-17-25-21-12-6-7-13-22(21)26/h1-13,17,23H,14-16H2. The van der Waals surface area contributed by atoms with Crippen LogP contribution in [0.1, 0.15) is 27.5 Å². The zero-order chi connectivity index (χ0) is 18.9. The molecule has 0 radical (unpaired) electrons. The summed E-state index contributed by atoms with van der Waals surface area (Å²) in [6.07, 6.45) is 2.77. The Morgan fingerprint density at radius 1 is 0.929 bits per heavy atom. The van der Waals surface area contributed by atoms with Crippen molar-refractivity contribution >= 4 is 16.9 Å². The van der Waals surface area contributed by atoms with Crippen molar-refractivity contribution < 1.29 is 4.79 Å². The quantitative estimate of drug-likeness (QED) is 0.536. The number of nitrogens with zero attached hydrogens (tertiary/aromatic N) is 3. The highest BCUT2D eigenvalue weighted by atomic mass is 16.2. The van der Waals surface area contributed by atoms with E-state index in [1.54, 1.807) is 0 Å². The van der Waals surface area contributed by atoms with Crippen molar-refractivity contribution in [3.63, 3.8) is 0 Å². The number of fused-ring (bicyclic) bond motifs is 2. The maximum absolute atomic E-state index is 13.3. The molecule has 0 bridgehead atoms. The van der Waals surface area contributed by atoms with Crippen LogP contribution in [0.15, 0.2) is 85.2 Å². The fourth-order valence-corrected chi connectivity index (χ4v) is 4.18. The molecule has 1 atom stereocenters. The van der Waals surface area contributed by atoms with Gasteiger partial charge in [0.2, 0.25) is 0 Å². The molecule has 3 aromatic carbocycles. The molecule has 4 aromatic rings. The summed E-state index contributed by atoms with van der Waals surface area (Å²) < 4.78 is 2.16. The molecule has 1 unspecified atom stereocenters. The van der Waals surface area contributed by atoms with Crippen LogP contribution in [0.4, 0.5) is 0 Å². The number of hydrogen-bond acceptors (Lipinski definition) is 2. The highest BCUT2D eigenvalue weighted by molar-refractivity contribution is 5.94. The lowest BCUT2D eigenvalue weighted by atomic mass is 9.91. The predicted molar refractivity (Wildman–Crippen MR) is 110 cm³/mol. The Kier molecular flexibility index (Phi) is 4.17.